The van der Waals surface area contributed by atoms with Crippen molar-refractivity contribution in [3.8, 4) is 5.19 Å². The van der Waals surface area contributed by atoms with Gasteiger partial charge in [-0.05, 0) is 31.4 Å². The minimum Gasteiger partial charge on any atom is -0.467 e. The zero-order valence-electron chi connectivity index (χ0n) is 15.1. The van der Waals surface area contributed by atoms with E-state index >= 15 is 0 Å². The van der Waals surface area contributed by atoms with Gasteiger partial charge in [-0.1, -0.05) is 23.5 Å². The second-order valence-electron chi connectivity index (χ2n) is 7.16. The van der Waals surface area contributed by atoms with Gasteiger partial charge in [0.25, 0.3) is 5.19 Å². The standard InChI is InChI=1S/C19H23N3O3S/c1-11-3-4-12(2)17-16(11)21-19(26-17)25-13-7-9-22(10-8-13)18(24)14-5-6-15(23)20-14/h3-4,13-14H,5-10H2,1-2H3,(H,20,23). The average Bonchev–Trinajstić information content (AvgIpc) is 3.25. The molecule has 4 rings (SSSR count). The quantitative estimate of drug-likeness (QED) is 0.898. The van der Waals surface area contributed by atoms with E-state index in [0.29, 0.717) is 31.1 Å². The molecule has 2 aliphatic heterocycles. The van der Waals surface area contributed by atoms with E-state index in [1.165, 1.54) is 10.3 Å². The Bertz CT molecular complexity index is 816. The van der Waals surface area contributed by atoms with Gasteiger partial charge in [-0.25, -0.2) is 4.98 Å². The molecule has 2 amide bonds. The second-order valence-corrected chi connectivity index (χ2v) is 8.12. The van der Waals surface area contributed by atoms with Crippen LogP contribution in [0.5, 0.6) is 5.19 Å². The highest BCUT2D eigenvalue weighted by molar-refractivity contribution is 7.20. The summed E-state index contributed by atoms with van der Waals surface area (Å²) in [6, 6.07) is 3.87. The molecule has 6 nitrogen and oxygen atoms in total. The Balaban J connectivity index is 1.37. The van der Waals surface area contributed by atoms with Crippen molar-refractivity contribution in [2.75, 3.05) is 13.1 Å². The number of rotatable bonds is 3. The highest BCUT2D eigenvalue weighted by atomic mass is 32.1. The first-order chi connectivity index (χ1) is 12.5. The molecular formula is C19H23N3O3S. The van der Waals surface area contributed by atoms with E-state index in [9.17, 15) is 9.59 Å². The predicted octanol–water partition coefficient (Wildman–Crippen LogP) is 2.56. The van der Waals surface area contributed by atoms with Gasteiger partial charge in [0.2, 0.25) is 11.8 Å². The Kier molecular flexibility index (Phi) is 4.56. The fourth-order valence-electron chi connectivity index (χ4n) is 3.65. The maximum Gasteiger partial charge on any atom is 0.274 e. The molecule has 1 unspecified atom stereocenters. The van der Waals surface area contributed by atoms with Crippen molar-refractivity contribution in [1.82, 2.24) is 15.2 Å². The Labute approximate surface area is 156 Å². The number of nitrogens with zero attached hydrogens (tertiary/aromatic N) is 2. The summed E-state index contributed by atoms with van der Waals surface area (Å²) in [6.45, 7) is 5.49. The smallest absolute Gasteiger partial charge is 0.274 e. The van der Waals surface area contributed by atoms with Crippen LogP contribution in [0.25, 0.3) is 10.2 Å². The Morgan fingerprint density at radius 3 is 2.62 bits per heavy atom. The van der Waals surface area contributed by atoms with Gasteiger partial charge in [-0.3, -0.25) is 9.59 Å². The molecule has 26 heavy (non-hydrogen) atoms. The number of aromatic nitrogens is 1. The molecule has 1 N–H and O–H groups in total. The zero-order chi connectivity index (χ0) is 18.3. The maximum absolute atomic E-state index is 12.5. The topological polar surface area (TPSA) is 71.5 Å². The van der Waals surface area contributed by atoms with E-state index in [1.807, 2.05) is 4.90 Å². The van der Waals surface area contributed by atoms with E-state index in [0.717, 1.165) is 23.9 Å². The Morgan fingerprint density at radius 1 is 1.23 bits per heavy atom. The fourth-order valence-corrected chi connectivity index (χ4v) is 4.67. The lowest BCUT2D eigenvalue weighted by molar-refractivity contribution is -0.136. The van der Waals surface area contributed by atoms with Crippen LogP contribution < -0.4 is 10.1 Å². The monoisotopic (exact) mass is 373 g/mol. The molecule has 138 valence electrons. The van der Waals surface area contributed by atoms with Gasteiger partial charge in [-0.15, -0.1) is 0 Å². The van der Waals surface area contributed by atoms with Crippen LogP contribution in [0.3, 0.4) is 0 Å². The van der Waals surface area contributed by atoms with Crippen LogP contribution in [-0.2, 0) is 9.59 Å². The molecule has 0 bridgehead atoms. The molecule has 0 saturated carbocycles. The number of carbonyl (C=O) groups excluding carboxylic acids is 2. The molecule has 1 aromatic carbocycles. The number of benzene rings is 1. The second kappa shape index (κ2) is 6.87. The zero-order valence-corrected chi connectivity index (χ0v) is 15.9. The summed E-state index contributed by atoms with van der Waals surface area (Å²) in [4.78, 5) is 30.3. The van der Waals surface area contributed by atoms with Gasteiger partial charge >= 0.3 is 0 Å². The van der Waals surface area contributed by atoms with Crippen LogP contribution in [0.2, 0.25) is 0 Å². The SMILES string of the molecule is Cc1ccc(C)c2sc(OC3CCN(C(=O)C4CCC(=O)N4)CC3)nc12. The van der Waals surface area contributed by atoms with E-state index < -0.39 is 0 Å². The third-order valence-corrected chi connectivity index (χ3v) is 6.32. The number of hydrogen-bond donors (Lipinski definition) is 1. The molecule has 1 atom stereocenters. The van der Waals surface area contributed by atoms with E-state index in [1.54, 1.807) is 11.3 Å². The first-order valence-electron chi connectivity index (χ1n) is 9.13. The van der Waals surface area contributed by atoms with Crippen molar-refractivity contribution >= 4 is 33.4 Å². The van der Waals surface area contributed by atoms with Gasteiger partial charge in [0.1, 0.15) is 12.1 Å². The Morgan fingerprint density at radius 2 is 1.96 bits per heavy atom. The summed E-state index contributed by atoms with van der Waals surface area (Å²) in [6.07, 6.45) is 2.73. The van der Waals surface area contributed by atoms with Crippen molar-refractivity contribution in [3.05, 3.63) is 23.3 Å². The van der Waals surface area contributed by atoms with Crippen molar-refractivity contribution in [2.45, 2.75) is 51.7 Å². The Hall–Kier alpha value is -2.15. The lowest BCUT2D eigenvalue weighted by Gasteiger charge is -2.33. The predicted molar refractivity (Wildman–Crippen MR) is 100 cm³/mol. The summed E-state index contributed by atoms with van der Waals surface area (Å²) in [5, 5.41) is 3.47. The molecule has 0 radical (unpaired) electrons. The third kappa shape index (κ3) is 3.28. The molecule has 0 aliphatic carbocycles. The number of nitrogens with one attached hydrogen (secondary N) is 1. The van der Waals surface area contributed by atoms with E-state index in [-0.39, 0.29) is 24.0 Å². The van der Waals surface area contributed by atoms with Crippen LogP contribution in [0, 0.1) is 13.8 Å². The summed E-state index contributed by atoms with van der Waals surface area (Å²) in [7, 11) is 0. The third-order valence-electron chi connectivity index (χ3n) is 5.24. The van der Waals surface area contributed by atoms with Crippen molar-refractivity contribution in [2.24, 2.45) is 0 Å². The van der Waals surface area contributed by atoms with Crippen LogP contribution in [0.15, 0.2) is 12.1 Å². The van der Waals surface area contributed by atoms with Crippen LogP contribution in [0.4, 0.5) is 0 Å². The number of piperidine rings is 1. The van der Waals surface area contributed by atoms with Gasteiger partial charge in [-0.2, -0.15) is 0 Å². The summed E-state index contributed by atoms with van der Waals surface area (Å²) in [5.74, 6) is 0.0172. The largest absolute Gasteiger partial charge is 0.467 e. The van der Waals surface area contributed by atoms with Crippen LogP contribution >= 0.6 is 11.3 Å². The number of hydrogen-bond acceptors (Lipinski definition) is 5. The van der Waals surface area contributed by atoms with Crippen molar-refractivity contribution in [1.29, 1.82) is 0 Å². The van der Waals surface area contributed by atoms with Gasteiger partial charge in [0.05, 0.1) is 10.2 Å². The van der Waals surface area contributed by atoms with Gasteiger partial charge < -0.3 is 15.0 Å². The molecule has 2 fully saturated rings. The molecule has 2 aromatic rings. The number of likely N-dealkylation sites (tertiary alicyclic amines) is 1. The fraction of sp³-hybridized carbons (Fsp3) is 0.526. The molecule has 7 heteroatoms. The van der Waals surface area contributed by atoms with Crippen molar-refractivity contribution < 1.29 is 14.3 Å². The number of amides is 2. The summed E-state index contributed by atoms with van der Waals surface area (Å²) < 4.78 is 7.31. The lowest BCUT2D eigenvalue weighted by Crippen LogP contribution is -2.49. The number of thiazole rings is 1. The highest BCUT2D eigenvalue weighted by Crippen LogP contribution is 2.33. The van der Waals surface area contributed by atoms with Crippen LogP contribution in [-0.4, -0.2) is 46.9 Å². The average molecular weight is 373 g/mol. The number of ether oxygens (including phenoxy) is 1. The van der Waals surface area contributed by atoms with E-state index in [2.05, 4.69) is 36.3 Å². The molecule has 3 heterocycles. The lowest BCUT2D eigenvalue weighted by atomic mass is 10.1. The summed E-state index contributed by atoms with van der Waals surface area (Å²) >= 11 is 1.60. The molecule has 2 saturated heterocycles. The summed E-state index contributed by atoms with van der Waals surface area (Å²) in [5.41, 5.74) is 3.40. The molecular weight excluding hydrogens is 350 g/mol. The van der Waals surface area contributed by atoms with Crippen LogP contribution in [0.1, 0.15) is 36.8 Å². The number of fused-ring (bicyclic) bond motifs is 1. The van der Waals surface area contributed by atoms with E-state index in [4.69, 9.17) is 4.74 Å². The van der Waals surface area contributed by atoms with Gasteiger partial charge in [0.15, 0.2) is 0 Å². The minimum absolute atomic E-state index is 0.0250. The minimum atomic E-state index is -0.338. The molecule has 1 aromatic heterocycles. The normalized spacial score (nSPS) is 21.2. The number of carbonyl (C=O) groups is 2. The number of aryl methyl sites for hydroxylation is 2. The highest BCUT2D eigenvalue weighted by Gasteiger charge is 2.33. The van der Waals surface area contributed by atoms with Gasteiger partial charge in [0, 0.05) is 32.4 Å². The molecule has 2 aliphatic rings. The maximum atomic E-state index is 12.5. The first-order valence-corrected chi connectivity index (χ1v) is 9.94. The molecule has 0 spiro atoms. The van der Waals surface area contributed by atoms with Crippen molar-refractivity contribution in [3.63, 3.8) is 0 Å². The first kappa shape index (κ1) is 17.3.